The molecule has 0 aliphatic rings. The fourth-order valence-corrected chi connectivity index (χ4v) is 59.6. The molecule has 2 rings (SSSR count). The molecule has 6 heteroatoms. The summed E-state index contributed by atoms with van der Waals surface area (Å²) in [5, 5.41) is 3.23. The Morgan fingerprint density at radius 3 is 0.842 bits per heavy atom. The monoisotopic (exact) mass is 625 g/mol. The summed E-state index contributed by atoms with van der Waals surface area (Å²) in [6.07, 6.45) is 0. The molecule has 0 N–H and O–H groups in total. The summed E-state index contributed by atoms with van der Waals surface area (Å²) < 4.78 is 0. The Kier molecular flexibility index (Phi) is 9.96. The van der Waals surface area contributed by atoms with Crippen LogP contribution in [0.4, 0.5) is 11.4 Å². The summed E-state index contributed by atoms with van der Waals surface area (Å²) in [6.45, 7) is 29.8. The second-order valence-electron chi connectivity index (χ2n) is 15.3. The van der Waals surface area contributed by atoms with Crippen LogP contribution in [0.3, 0.4) is 0 Å². The Morgan fingerprint density at radius 1 is 0.474 bits per heavy atom. The van der Waals surface area contributed by atoms with Crippen molar-refractivity contribution < 1.29 is 11.7 Å². The molecule has 0 saturated heterocycles. The van der Waals surface area contributed by atoms with Gasteiger partial charge in [0.1, 0.15) is 0 Å². The molecule has 0 amide bonds. The molecule has 0 saturated carbocycles. The van der Waals surface area contributed by atoms with Gasteiger partial charge in [-0.05, 0) is 0 Å². The van der Waals surface area contributed by atoms with E-state index in [0.717, 1.165) is 0 Å². The molecule has 2 nitrogen and oxygen atoms in total. The number of hydrogen-bond acceptors (Lipinski definition) is 2. The molecule has 223 valence electrons. The second-order valence-corrected chi connectivity index (χ2v) is 36.5. The van der Waals surface area contributed by atoms with Crippen molar-refractivity contribution in [3.05, 3.63) is 48.5 Å². The van der Waals surface area contributed by atoms with E-state index in [1.54, 1.807) is 0 Å². The van der Waals surface area contributed by atoms with Gasteiger partial charge in [0.15, 0.2) is 0 Å². The first-order chi connectivity index (χ1) is 17.0. The molecule has 0 atom stereocenters. The summed E-state index contributed by atoms with van der Waals surface area (Å²) in [5.74, 6) is 0. The zero-order valence-corrected chi connectivity index (χ0v) is 31.0. The molecule has 0 bridgehead atoms. The van der Waals surface area contributed by atoms with Gasteiger partial charge in [-0.3, -0.25) is 0 Å². The molecule has 0 aromatic heterocycles. The molecule has 2 aromatic carbocycles. The van der Waals surface area contributed by atoms with Crippen molar-refractivity contribution >= 4 is 44.3 Å². The van der Waals surface area contributed by atoms with E-state index < -0.39 is 23.7 Å². The van der Waals surface area contributed by atoms with E-state index in [-0.39, 0.29) is 20.6 Å². The Labute approximate surface area is 245 Å². The first kappa shape index (κ1) is 33.9. The van der Waals surface area contributed by atoms with Crippen LogP contribution in [0, 0.1) is 0 Å². The molecular weight excluding hydrogens is 568 g/mol. The third-order valence-corrected chi connectivity index (χ3v) is 43.6. The Bertz CT molecular complexity index is 952. The van der Waals surface area contributed by atoms with Crippen LogP contribution in [0.2, 0.25) is 0 Å². The van der Waals surface area contributed by atoms with Gasteiger partial charge >= 0.3 is 246 Å². The number of rotatable bonds is 6. The Hall–Kier alpha value is -0.316. The van der Waals surface area contributed by atoms with Crippen molar-refractivity contribution in [3.8, 4) is 0 Å². The molecule has 0 unspecified atom stereocenters. The topological polar surface area (TPSA) is 6.48 Å². The summed E-state index contributed by atoms with van der Waals surface area (Å²) in [4.78, 5) is 4.39. The minimum atomic E-state index is -2.47. The van der Waals surface area contributed by atoms with Crippen molar-refractivity contribution in [3.63, 3.8) is 0 Å². The van der Waals surface area contributed by atoms with Gasteiger partial charge in [0, 0.05) is 0 Å². The minimum absolute atomic E-state index is 0.0558. The molecule has 0 heterocycles. The maximum atomic E-state index is 8.48. The summed E-state index contributed by atoms with van der Waals surface area (Å²) in [7, 11) is 17.0. The summed E-state index contributed by atoms with van der Waals surface area (Å²) >= 11 is -0.562. The molecule has 0 fully saturated rings. The fraction of sp³-hybridized carbons (Fsp3) is 0.625. The van der Waals surface area contributed by atoms with Crippen molar-refractivity contribution in [2.45, 2.75) is 104 Å². The van der Waals surface area contributed by atoms with E-state index >= 15 is 0 Å². The van der Waals surface area contributed by atoms with E-state index in [2.05, 4.69) is 170 Å². The molecule has 0 aliphatic carbocycles. The number of halogens is 1. The zero-order chi connectivity index (χ0) is 29.7. The van der Waals surface area contributed by atoms with Crippen LogP contribution < -0.4 is 20.4 Å². The van der Waals surface area contributed by atoms with Crippen LogP contribution in [-0.4, -0.2) is 48.8 Å². The fourth-order valence-electron chi connectivity index (χ4n) is 7.11. The average molecular weight is 627 g/mol. The Morgan fingerprint density at radius 2 is 0.684 bits per heavy atom. The van der Waals surface area contributed by atoms with Crippen LogP contribution in [0.15, 0.2) is 48.5 Å². The van der Waals surface area contributed by atoms with E-state index in [1.807, 2.05) is 0 Å². The van der Waals surface area contributed by atoms with Crippen LogP contribution in [0.5, 0.6) is 0 Å². The summed E-state index contributed by atoms with van der Waals surface area (Å²) in [5.41, 5.74) is 2.48. The number of hydrogen-bond donors (Lipinski definition) is 0. The number of anilines is 2. The predicted octanol–water partition coefficient (Wildman–Crippen LogP) is 9.07. The first-order valence-corrected chi connectivity index (χ1v) is 21.8. The third kappa shape index (κ3) is 5.58. The van der Waals surface area contributed by atoms with Crippen molar-refractivity contribution in [1.82, 2.24) is 0 Å². The van der Waals surface area contributed by atoms with E-state index in [1.165, 1.54) is 22.0 Å². The maximum absolute atomic E-state index is 8.48. The van der Waals surface area contributed by atoms with Crippen molar-refractivity contribution in [1.29, 1.82) is 0 Å². The van der Waals surface area contributed by atoms with Gasteiger partial charge in [-0.2, -0.15) is 0 Å². The van der Waals surface area contributed by atoms with Crippen molar-refractivity contribution in [2.24, 2.45) is 0 Å². The third-order valence-electron chi connectivity index (χ3n) is 7.89. The van der Waals surface area contributed by atoms with Crippen LogP contribution in [-0.2, 0) is 11.7 Å². The van der Waals surface area contributed by atoms with Gasteiger partial charge in [0.25, 0.3) is 0 Å². The Balaban J connectivity index is 3.15. The average Bonchev–Trinajstić information content (AvgIpc) is 2.71. The van der Waals surface area contributed by atoms with Gasteiger partial charge < -0.3 is 0 Å². The van der Waals surface area contributed by atoms with E-state index in [0.29, 0.717) is 0 Å². The standard InChI is InChI=1S/2C16H28NP.ClH.Ni/c2*1-15(2,3)18(16(4,5)6)14-11-9-13(10-12-14)17(7)8;;/h2*9-12H,1-8H3;1H;/q;;;-1/p+1. The predicted molar refractivity (Wildman–Crippen MR) is 182 cm³/mol. The quantitative estimate of drug-likeness (QED) is 0.233. The molecule has 38 heavy (non-hydrogen) atoms. The van der Waals surface area contributed by atoms with Crippen LogP contribution >= 0.6 is 22.3 Å². The van der Waals surface area contributed by atoms with Gasteiger partial charge in [-0.15, -0.1) is 0 Å². The van der Waals surface area contributed by atoms with Crippen molar-refractivity contribution in [2.75, 3.05) is 38.0 Å². The van der Waals surface area contributed by atoms with Gasteiger partial charge in [0.2, 0.25) is 0 Å². The van der Waals surface area contributed by atoms with Gasteiger partial charge in [-0.1, -0.05) is 0 Å². The van der Waals surface area contributed by atoms with E-state index in [4.69, 9.17) is 10.2 Å². The molecule has 0 aliphatic heterocycles. The van der Waals surface area contributed by atoms with Gasteiger partial charge in [-0.25, -0.2) is 0 Å². The first-order valence-electron chi connectivity index (χ1n) is 13.8. The molecule has 0 spiro atoms. The summed E-state index contributed by atoms with van der Waals surface area (Å²) in [6, 6.07) is 14.1. The van der Waals surface area contributed by atoms with Crippen LogP contribution in [0.25, 0.3) is 0 Å². The van der Waals surface area contributed by atoms with E-state index in [9.17, 15) is 0 Å². The number of nitrogens with zero attached hydrogens (tertiary/aromatic N) is 2. The van der Waals surface area contributed by atoms with Gasteiger partial charge in [0.05, 0.1) is 0 Å². The zero-order valence-electron chi connectivity index (χ0n) is 27.2. The molecular formula is C32H58ClN2NiP2. The molecule has 2 aromatic rings. The number of benzene rings is 2. The molecule has 0 radical (unpaired) electrons. The second kappa shape index (κ2) is 11.2. The van der Waals surface area contributed by atoms with Crippen LogP contribution in [0.1, 0.15) is 83.1 Å². The SMILES string of the molecule is CN(C)c1ccc([PH]([Ni]([Cl])[PH](c2ccc(N(C)C)cc2)(C(C)(C)C)C(C)(C)C)(C(C)(C)C)C(C)(C)C)cc1. The normalized spacial score (nSPS) is 15.2.